The number of carbonyl (C=O) groups excluding carboxylic acids is 2. The fourth-order valence-corrected chi connectivity index (χ4v) is 6.27. The van der Waals surface area contributed by atoms with Gasteiger partial charge in [0.1, 0.15) is 22.9 Å². The highest BCUT2D eigenvalue weighted by molar-refractivity contribution is 6.03. The van der Waals surface area contributed by atoms with E-state index in [0.29, 0.717) is 42.7 Å². The molecule has 1 aromatic carbocycles. The highest BCUT2D eigenvalue weighted by Gasteiger charge is 2.79. The number of nitrogens with two attached hydrogens (primary N) is 2. The van der Waals surface area contributed by atoms with E-state index in [1.807, 2.05) is 11.0 Å². The number of fused-ring (bicyclic) bond motifs is 1. The molecule has 1 spiro atoms. The van der Waals surface area contributed by atoms with Gasteiger partial charge in [-0.15, -0.1) is 0 Å². The summed E-state index contributed by atoms with van der Waals surface area (Å²) in [5.41, 5.74) is 14.1. The zero-order valence-electron chi connectivity index (χ0n) is 19.1. The van der Waals surface area contributed by atoms with Crippen LogP contribution in [0.25, 0.3) is 11.3 Å². The van der Waals surface area contributed by atoms with Gasteiger partial charge in [0.15, 0.2) is 0 Å². The van der Waals surface area contributed by atoms with E-state index in [1.165, 1.54) is 12.1 Å². The maximum absolute atomic E-state index is 13.5. The molecule has 6 rings (SSSR count). The number of nitrogen functional groups attached to an aromatic ring is 1. The van der Waals surface area contributed by atoms with Crippen molar-refractivity contribution in [1.82, 2.24) is 24.5 Å². The topological polar surface area (TPSA) is 125 Å². The number of hydrogen-bond acceptors (Lipinski definition) is 5. The molecule has 1 unspecified atom stereocenters. The molecule has 1 aliphatic heterocycles. The SMILES string of the molecule is CC#CC(=O)N1CC2[C@@H]3[C@H](n4nc(-c5cnn(Cc6cccc(F)c6)c5)c(C(N)=O)c4N)C[C@]23C1. The summed E-state index contributed by atoms with van der Waals surface area (Å²) in [6.45, 7) is 3.43. The number of hydrogen-bond donors (Lipinski definition) is 2. The molecule has 2 saturated carbocycles. The minimum Gasteiger partial charge on any atom is -0.383 e. The van der Waals surface area contributed by atoms with E-state index in [2.05, 4.69) is 16.9 Å². The van der Waals surface area contributed by atoms with Gasteiger partial charge in [-0.3, -0.25) is 14.3 Å². The van der Waals surface area contributed by atoms with Crippen molar-refractivity contribution < 1.29 is 14.0 Å². The standard InChI is InChI=1S/C25H24FN7O2/c1-2-4-19(34)31-12-17-21-18(8-25(17,21)13-31)33-23(27)20(24(28)35)22(30-33)15-9-29-32(11-15)10-14-5-3-6-16(26)7-14/h3,5-7,9,11,17-18,21H,8,10,12-13,27H2,1H3,(H2,28,35)/t17?,18-,21-,25+/m1/s1. The lowest BCUT2D eigenvalue weighted by Crippen LogP contribution is -2.40. The number of primary amides is 1. The third-order valence-electron chi connectivity index (χ3n) is 7.80. The number of amides is 2. The zero-order chi connectivity index (χ0) is 24.5. The van der Waals surface area contributed by atoms with Crippen molar-refractivity contribution >= 4 is 17.6 Å². The minimum atomic E-state index is -0.651. The second-order valence-electron chi connectivity index (χ2n) is 9.67. The predicted molar refractivity (Wildman–Crippen MR) is 125 cm³/mol. The predicted octanol–water partition coefficient (Wildman–Crippen LogP) is 1.66. The van der Waals surface area contributed by atoms with Crippen LogP contribution in [0.1, 0.15) is 35.3 Å². The summed E-state index contributed by atoms with van der Waals surface area (Å²) in [5, 5.41) is 9.06. The summed E-state index contributed by atoms with van der Waals surface area (Å²) < 4.78 is 16.9. The molecule has 35 heavy (non-hydrogen) atoms. The highest BCUT2D eigenvalue weighted by atomic mass is 19.1. The number of anilines is 1. The van der Waals surface area contributed by atoms with Crippen LogP contribution in [0.4, 0.5) is 10.2 Å². The lowest BCUT2D eigenvalue weighted by Gasteiger charge is -2.37. The van der Waals surface area contributed by atoms with Gasteiger partial charge in [-0.05, 0) is 48.8 Å². The smallest absolute Gasteiger partial charge is 0.298 e. The van der Waals surface area contributed by atoms with Crippen LogP contribution in [0.5, 0.6) is 0 Å². The Morgan fingerprint density at radius 2 is 2.17 bits per heavy atom. The van der Waals surface area contributed by atoms with E-state index in [1.54, 1.807) is 34.7 Å². The Hall–Kier alpha value is -4.13. The largest absolute Gasteiger partial charge is 0.383 e. The molecular weight excluding hydrogens is 449 g/mol. The first-order valence-electron chi connectivity index (χ1n) is 11.5. The Kier molecular flexibility index (Phi) is 4.55. The summed E-state index contributed by atoms with van der Waals surface area (Å²) in [4.78, 5) is 26.3. The molecule has 3 aromatic rings. The third-order valence-corrected chi connectivity index (χ3v) is 7.80. The molecule has 4 atom stereocenters. The number of piperidine rings is 1. The lowest BCUT2D eigenvalue weighted by molar-refractivity contribution is -0.125. The van der Waals surface area contributed by atoms with Crippen LogP contribution in [0.3, 0.4) is 0 Å². The average molecular weight is 474 g/mol. The lowest BCUT2D eigenvalue weighted by atomic mass is 9.80. The normalized spacial score (nSPS) is 25.8. The van der Waals surface area contributed by atoms with Gasteiger partial charge in [0.05, 0.1) is 18.8 Å². The Labute approximate surface area is 200 Å². The average Bonchev–Trinajstić information content (AvgIpc) is 3.29. The number of aromatic nitrogens is 4. The quantitative estimate of drug-likeness (QED) is 0.545. The van der Waals surface area contributed by atoms with Gasteiger partial charge in [-0.2, -0.15) is 10.2 Å². The molecule has 178 valence electrons. The number of rotatable bonds is 5. The van der Waals surface area contributed by atoms with Crippen molar-refractivity contribution in [3.05, 3.63) is 53.6 Å². The molecule has 0 radical (unpaired) electrons. The monoisotopic (exact) mass is 473 g/mol. The first kappa shape index (κ1) is 21.4. The van der Waals surface area contributed by atoms with Crippen LogP contribution in [0.2, 0.25) is 0 Å². The number of nitrogens with zero attached hydrogens (tertiary/aromatic N) is 5. The van der Waals surface area contributed by atoms with Gasteiger partial charge in [-0.1, -0.05) is 18.1 Å². The Bertz CT molecular complexity index is 1450. The van der Waals surface area contributed by atoms with Crippen LogP contribution in [0.15, 0.2) is 36.7 Å². The molecule has 3 fully saturated rings. The first-order chi connectivity index (χ1) is 16.8. The number of carbonyl (C=O) groups is 2. The Morgan fingerprint density at radius 1 is 1.34 bits per heavy atom. The third kappa shape index (κ3) is 3.15. The molecule has 1 saturated heterocycles. The summed E-state index contributed by atoms with van der Waals surface area (Å²) >= 11 is 0. The summed E-state index contributed by atoms with van der Waals surface area (Å²) in [6, 6.07) is 6.36. The van der Waals surface area contributed by atoms with Gasteiger partial charge in [0.25, 0.3) is 11.8 Å². The van der Waals surface area contributed by atoms with E-state index >= 15 is 0 Å². The number of likely N-dealkylation sites (tertiary alicyclic amines) is 1. The maximum atomic E-state index is 13.5. The van der Waals surface area contributed by atoms with Crippen molar-refractivity contribution in [3.63, 3.8) is 0 Å². The Balaban J connectivity index is 1.24. The van der Waals surface area contributed by atoms with Crippen molar-refractivity contribution in [3.8, 4) is 23.1 Å². The first-order valence-corrected chi connectivity index (χ1v) is 11.5. The summed E-state index contributed by atoms with van der Waals surface area (Å²) in [7, 11) is 0. The van der Waals surface area contributed by atoms with Crippen LogP contribution in [-0.4, -0.2) is 49.4 Å². The molecule has 2 aromatic heterocycles. The van der Waals surface area contributed by atoms with Gasteiger partial charge >= 0.3 is 0 Å². The van der Waals surface area contributed by atoms with Crippen LogP contribution < -0.4 is 11.5 Å². The zero-order valence-corrected chi connectivity index (χ0v) is 19.1. The molecule has 10 heteroatoms. The maximum Gasteiger partial charge on any atom is 0.298 e. The van der Waals surface area contributed by atoms with E-state index < -0.39 is 5.91 Å². The molecule has 9 nitrogen and oxygen atoms in total. The summed E-state index contributed by atoms with van der Waals surface area (Å²) in [6.07, 6.45) is 4.19. The van der Waals surface area contributed by atoms with E-state index in [-0.39, 0.29) is 34.6 Å². The van der Waals surface area contributed by atoms with Crippen molar-refractivity contribution in [2.75, 3.05) is 18.8 Å². The van der Waals surface area contributed by atoms with Crippen LogP contribution >= 0.6 is 0 Å². The van der Waals surface area contributed by atoms with Crippen molar-refractivity contribution in [1.29, 1.82) is 0 Å². The molecule has 2 aliphatic carbocycles. The van der Waals surface area contributed by atoms with Gasteiger partial charge < -0.3 is 16.4 Å². The minimum absolute atomic E-state index is 0.0590. The fourth-order valence-electron chi connectivity index (χ4n) is 6.27. The van der Waals surface area contributed by atoms with E-state index in [9.17, 15) is 14.0 Å². The molecule has 0 bridgehead atoms. The molecule has 3 heterocycles. The summed E-state index contributed by atoms with van der Waals surface area (Å²) in [5.74, 6) is 5.22. The molecule has 3 aliphatic rings. The van der Waals surface area contributed by atoms with Crippen molar-refractivity contribution in [2.45, 2.75) is 25.9 Å². The second-order valence-corrected chi connectivity index (χ2v) is 9.67. The van der Waals surface area contributed by atoms with Gasteiger partial charge in [0.2, 0.25) is 0 Å². The van der Waals surface area contributed by atoms with Gasteiger partial charge in [0, 0.05) is 30.3 Å². The van der Waals surface area contributed by atoms with Crippen molar-refractivity contribution in [2.24, 2.45) is 23.0 Å². The number of halogens is 1. The second kappa shape index (κ2) is 7.43. The molecule has 2 amide bonds. The van der Waals surface area contributed by atoms with E-state index in [4.69, 9.17) is 16.6 Å². The van der Waals surface area contributed by atoms with Crippen LogP contribution in [0, 0.1) is 34.9 Å². The van der Waals surface area contributed by atoms with Gasteiger partial charge in [-0.25, -0.2) is 9.07 Å². The molecular formula is C25H24FN7O2. The van der Waals surface area contributed by atoms with Crippen LogP contribution in [-0.2, 0) is 11.3 Å². The van der Waals surface area contributed by atoms with E-state index in [0.717, 1.165) is 12.0 Å². The number of benzene rings is 1. The Morgan fingerprint density at radius 3 is 2.89 bits per heavy atom. The highest BCUT2D eigenvalue weighted by Crippen LogP contribution is 2.79. The molecule has 4 N–H and O–H groups in total. The fraction of sp³-hybridized carbons (Fsp3) is 0.360.